The van der Waals surface area contributed by atoms with Crippen LogP contribution >= 0.6 is 11.3 Å². The third-order valence-electron chi connectivity index (χ3n) is 2.59. The Labute approximate surface area is 116 Å². The minimum absolute atomic E-state index is 0.0139. The summed E-state index contributed by atoms with van der Waals surface area (Å²) >= 11 is 1.45. The molecule has 0 aliphatic heterocycles. The van der Waals surface area contributed by atoms with Crippen molar-refractivity contribution in [3.05, 3.63) is 34.8 Å². The Morgan fingerprint density at radius 1 is 1.47 bits per heavy atom. The summed E-state index contributed by atoms with van der Waals surface area (Å²) in [5.74, 6) is -0.0619. The minimum atomic E-state index is -0.0619. The highest BCUT2D eigenvalue weighted by Crippen LogP contribution is 2.26. The molecule has 2 aromatic rings. The van der Waals surface area contributed by atoms with E-state index in [-0.39, 0.29) is 11.3 Å². The van der Waals surface area contributed by atoms with E-state index in [2.05, 4.69) is 36.1 Å². The summed E-state index contributed by atoms with van der Waals surface area (Å²) in [7, 11) is 0. The smallest absolute Gasteiger partial charge is 0.263 e. The van der Waals surface area contributed by atoms with Gasteiger partial charge in [0.05, 0.1) is 17.5 Å². The van der Waals surface area contributed by atoms with E-state index in [4.69, 9.17) is 0 Å². The number of hydrogen-bond acceptors (Lipinski definition) is 4. The van der Waals surface area contributed by atoms with Crippen molar-refractivity contribution in [2.24, 2.45) is 0 Å². The van der Waals surface area contributed by atoms with Crippen molar-refractivity contribution in [1.82, 2.24) is 19.9 Å². The van der Waals surface area contributed by atoms with Crippen LogP contribution in [0.25, 0.3) is 0 Å². The summed E-state index contributed by atoms with van der Waals surface area (Å²) in [6, 6.07) is 0. The van der Waals surface area contributed by atoms with Crippen molar-refractivity contribution in [3.8, 4) is 0 Å². The summed E-state index contributed by atoms with van der Waals surface area (Å²) in [6.45, 7) is 7.57. The fraction of sp³-hybridized carbons (Fsp3) is 0.462. The van der Waals surface area contributed by atoms with E-state index in [1.165, 1.54) is 11.3 Å². The lowest BCUT2D eigenvalue weighted by Gasteiger charge is -2.13. The molecule has 6 heteroatoms. The average Bonchev–Trinajstić information content (AvgIpc) is 2.99. The van der Waals surface area contributed by atoms with E-state index < -0.39 is 0 Å². The molecule has 0 saturated heterocycles. The van der Waals surface area contributed by atoms with Crippen LogP contribution in [0.15, 0.2) is 24.9 Å². The van der Waals surface area contributed by atoms with Gasteiger partial charge < -0.3 is 9.88 Å². The minimum Gasteiger partial charge on any atom is -0.349 e. The molecule has 0 spiro atoms. The van der Waals surface area contributed by atoms with Gasteiger partial charge in [0, 0.05) is 30.9 Å². The van der Waals surface area contributed by atoms with Crippen LogP contribution in [0.3, 0.4) is 0 Å². The third-order valence-corrected chi connectivity index (χ3v) is 4.01. The van der Waals surface area contributed by atoms with Gasteiger partial charge in [-0.1, -0.05) is 20.8 Å². The molecule has 0 saturated carbocycles. The van der Waals surface area contributed by atoms with Crippen molar-refractivity contribution in [2.45, 2.75) is 32.7 Å². The lowest BCUT2D eigenvalue weighted by molar-refractivity contribution is 0.0956. The molecule has 102 valence electrons. The number of nitrogens with zero attached hydrogens (tertiary/aromatic N) is 3. The number of carbonyl (C=O) groups excluding carboxylic acids is 1. The molecule has 0 fully saturated rings. The van der Waals surface area contributed by atoms with E-state index in [0.29, 0.717) is 11.4 Å². The van der Waals surface area contributed by atoms with Crippen molar-refractivity contribution < 1.29 is 4.79 Å². The molecule has 2 heterocycles. The number of aromatic nitrogens is 3. The molecule has 0 aliphatic carbocycles. The molecule has 1 amide bonds. The molecule has 0 atom stereocenters. The van der Waals surface area contributed by atoms with Crippen LogP contribution in [0.4, 0.5) is 0 Å². The number of amides is 1. The van der Waals surface area contributed by atoms with Crippen molar-refractivity contribution in [3.63, 3.8) is 0 Å². The molecule has 0 aliphatic rings. The largest absolute Gasteiger partial charge is 0.349 e. The predicted octanol–water partition coefficient (Wildman–Crippen LogP) is 2.07. The van der Waals surface area contributed by atoms with Gasteiger partial charge in [-0.2, -0.15) is 0 Å². The van der Waals surface area contributed by atoms with Crippen LogP contribution in [0, 0.1) is 0 Å². The SMILES string of the molecule is CC(C)(C)c1ncc(C(=O)NCCn2ccnc2)s1. The maximum atomic E-state index is 11.9. The normalized spacial score (nSPS) is 11.5. The van der Waals surface area contributed by atoms with Gasteiger partial charge in [0.2, 0.25) is 0 Å². The van der Waals surface area contributed by atoms with Crippen molar-refractivity contribution in [2.75, 3.05) is 6.54 Å². The molecule has 2 aromatic heterocycles. The Hall–Kier alpha value is -1.69. The highest BCUT2D eigenvalue weighted by Gasteiger charge is 2.20. The van der Waals surface area contributed by atoms with E-state index in [9.17, 15) is 4.79 Å². The summed E-state index contributed by atoms with van der Waals surface area (Å²) < 4.78 is 1.92. The molecular formula is C13H18N4OS. The number of hydrogen-bond donors (Lipinski definition) is 1. The van der Waals surface area contributed by atoms with E-state index in [1.807, 2.05) is 10.8 Å². The zero-order chi connectivity index (χ0) is 13.9. The summed E-state index contributed by atoms with van der Waals surface area (Å²) in [5.41, 5.74) is -0.0139. The predicted molar refractivity (Wildman–Crippen MR) is 75.4 cm³/mol. The Balaban J connectivity index is 1.88. The lowest BCUT2D eigenvalue weighted by atomic mass is 9.98. The van der Waals surface area contributed by atoms with E-state index in [1.54, 1.807) is 18.7 Å². The Kier molecular flexibility index (Phi) is 3.99. The second-order valence-corrected chi connectivity index (χ2v) is 6.37. The first-order valence-electron chi connectivity index (χ1n) is 6.17. The first kappa shape index (κ1) is 13.7. The van der Waals surface area contributed by atoms with Gasteiger partial charge in [-0.25, -0.2) is 9.97 Å². The maximum absolute atomic E-state index is 11.9. The molecule has 19 heavy (non-hydrogen) atoms. The van der Waals surface area contributed by atoms with Crippen LogP contribution < -0.4 is 5.32 Å². The van der Waals surface area contributed by atoms with Gasteiger partial charge in [0.1, 0.15) is 4.88 Å². The van der Waals surface area contributed by atoms with Crippen LogP contribution in [0.2, 0.25) is 0 Å². The first-order chi connectivity index (χ1) is 8.97. The number of carbonyl (C=O) groups is 1. The molecule has 0 aromatic carbocycles. The molecule has 0 bridgehead atoms. The van der Waals surface area contributed by atoms with E-state index >= 15 is 0 Å². The Morgan fingerprint density at radius 3 is 2.84 bits per heavy atom. The maximum Gasteiger partial charge on any atom is 0.263 e. The van der Waals surface area contributed by atoms with Crippen molar-refractivity contribution >= 4 is 17.2 Å². The quantitative estimate of drug-likeness (QED) is 0.931. The molecule has 0 unspecified atom stereocenters. The zero-order valence-corrected chi connectivity index (χ0v) is 12.2. The lowest BCUT2D eigenvalue weighted by Crippen LogP contribution is -2.26. The molecule has 1 N–H and O–H groups in total. The van der Waals surface area contributed by atoms with Gasteiger partial charge in [0.25, 0.3) is 5.91 Å². The van der Waals surface area contributed by atoms with Gasteiger partial charge in [0.15, 0.2) is 0 Å². The second kappa shape index (κ2) is 5.52. The first-order valence-corrected chi connectivity index (χ1v) is 6.99. The zero-order valence-electron chi connectivity index (χ0n) is 11.4. The molecule has 2 rings (SSSR count). The van der Waals surface area contributed by atoms with Gasteiger partial charge in [-0.05, 0) is 0 Å². The number of imidazole rings is 1. The summed E-state index contributed by atoms with van der Waals surface area (Å²) in [5, 5.41) is 3.86. The van der Waals surface area contributed by atoms with Gasteiger partial charge >= 0.3 is 0 Å². The molecule has 0 radical (unpaired) electrons. The highest BCUT2D eigenvalue weighted by atomic mass is 32.1. The van der Waals surface area contributed by atoms with Crippen LogP contribution in [-0.4, -0.2) is 27.0 Å². The summed E-state index contributed by atoms with van der Waals surface area (Å²) in [6.07, 6.45) is 6.98. The topological polar surface area (TPSA) is 59.8 Å². The highest BCUT2D eigenvalue weighted by molar-refractivity contribution is 7.13. The van der Waals surface area contributed by atoms with Crippen molar-refractivity contribution in [1.29, 1.82) is 0 Å². The number of nitrogens with one attached hydrogen (secondary N) is 1. The van der Waals surface area contributed by atoms with E-state index in [0.717, 1.165) is 11.6 Å². The number of rotatable bonds is 4. The van der Waals surface area contributed by atoms with Crippen LogP contribution in [-0.2, 0) is 12.0 Å². The fourth-order valence-corrected chi connectivity index (χ4v) is 2.42. The molecule has 5 nitrogen and oxygen atoms in total. The van der Waals surface area contributed by atoms with Gasteiger partial charge in [-0.3, -0.25) is 4.79 Å². The van der Waals surface area contributed by atoms with Gasteiger partial charge in [-0.15, -0.1) is 11.3 Å². The third kappa shape index (κ3) is 3.64. The summed E-state index contributed by atoms with van der Waals surface area (Å²) in [4.78, 5) is 20.9. The number of thiazole rings is 1. The average molecular weight is 278 g/mol. The van der Waals surface area contributed by atoms with Crippen LogP contribution in [0.1, 0.15) is 35.5 Å². The standard InChI is InChI=1S/C13H18N4OS/c1-13(2,3)12-16-8-10(19-12)11(18)15-5-7-17-6-4-14-9-17/h4,6,8-9H,5,7H2,1-3H3,(H,15,18). The molecular weight excluding hydrogens is 260 g/mol. The monoisotopic (exact) mass is 278 g/mol. The Morgan fingerprint density at radius 2 is 2.26 bits per heavy atom. The second-order valence-electron chi connectivity index (χ2n) is 5.34. The Bertz CT molecular complexity index is 539. The van der Waals surface area contributed by atoms with Crippen LogP contribution in [0.5, 0.6) is 0 Å². The fourth-order valence-electron chi connectivity index (χ4n) is 1.53.